The second kappa shape index (κ2) is 7.43. The number of halogens is 1. The van der Waals surface area contributed by atoms with E-state index in [4.69, 9.17) is 5.11 Å². The van der Waals surface area contributed by atoms with Gasteiger partial charge in [0, 0.05) is 16.6 Å². The Hall–Kier alpha value is -1.36. The van der Waals surface area contributed by atoms with Gasteiger partial charge < -0.3 is 10.4 Å². The summed E-state index contributed by atoms with van der Waals surface area (Å²) in [5.41, 5.74) is 1.43. The second-order valence-corrected chi connectivity index (χ2v) is 6.25. The van der Waals surface area contributed by atoms with Crippen LogP contribution in [0.3, 0.4) is 0 Å². The van der Waals surface area contributed by atoms with Crippen LogP contribution in [0.15, 0.2) is 22.7 Å². The summed E-state index contributed by atoms with van der Waals surface area (Å²) in [6.07, 6.45) is 0.549. The first kappa shape index (κ1) is 16.7. The van der Waals surface area contributed by atoms with Crippen LogP contribution in [-0.4, -0.2) is 23.5 Å². The van der Waals surface area contributed by atoms with Gasteiger partial charge in [0.2, 0.25) is 0 Å². The van der Waals surface area contributed by atoms with Crippen molar-refractivity contribution in [2.45, 2.75) is 27.2 Å². The molecule has 1 aromatic carbocycles. The van der Waals surface area contributed by atoms with Crippen molar-refractivity contribution in [3.8, 4) is 0 Å². The van der Waals surface area contributed by atoms with Crippen molar-refractivity contribution in [1.82, 2.24) is 5.32 Å². The van der Waals surface area contributed by atoms with E-state index < -0.39 is 11.9 Å². The van der Waals surface area contributed by atoms with Gasteiger partial charge in [-0.25, -0.2) is 0 Å². The van der Waals surface area contributed by atoms with E-state index in [0.29, 0.717) is 12.0 Å². The summed E-state index contributed by atoms with van der Waals surface area (Å²) >= 11 is 3.33. The number of nitrogens with one attached hydrogen (secondary N) is 1. The van der Waals surface area contributed by atoms with Crippen LogP contribution in [0.5, 0.6) is 0 Å². The Labute approximate surface area is 127 Å². The SMILES string of the molecule is Cc1ccc(Br)cc1C(=O)NCC(CC(C)C)C(=O)O. The van der Waals surface area contributed by atoms with E-state index in [-0.39, 0.29) is 18.4 Å². The van der Waals surface area contributed by atoms with Crippen molar-refractivity contribution in [3.63, 3.8) is 0 Å². The van der Waals surface area contributed by atoms with Crippen molar-refractivity contribution in [2.24, 2.45) is 11.8 Å². The lowest BCUT2D eigenvalue weighted by Crippen LogP contribution is -2.34. The first-order chi connectivity index (χ1) is 9.31. The molecule has 20 heavy (non-hydrogen) atoms. The highest BCUT2D eigenvalue weighted by molar-refractivity contribution is 9.10. The lowest BCUT2D eigenvalue weighted by atomic mass is 9.97. The van der Waals surface area contributed by atoms with Gasteiger partial charge in [-0.3, -0.25) is 9.59 Å². The number of carbonyl (C=O) groups is 2. The Balaban J connectivity index is 2.70. The number of hydrogen-bond acceptors (Lipinski definition) is 2. The van der Waals surface area contributed by atoms with Crippen LogP contribution >= 0.6 is 15.9 Å². The zero-order chi connectivity index (χ0) is 15.3. The van der Waals surface area contributed by atoms with Gasteiger partial charge in [0.1, 0.15) is 0 Å². The van der Waals surface area contributed by atoms with Crippen LogP contribution in [0.25, 0.3) is 0 Å². The maximum absolute atomic E-state index is 12.1. The third-order valence-electron chi connectivity index (χ3n) is 3.06. The molecule has 0 saturated heterocycles. The number of rotatable bonds is 6. The largest absolute Gasteiger partial charge is 0.481 e. The summed E-state index contributed by atoms with van der Waals surface area (Å²) < 4.78 is 0.824. The number of carboxylic acids is 1. The molecule has 4 nitrogen and oxygen atoms in total. The standard InChI is InChI=1S/C15H20BrNO3/c1-9(2)6-11(15(19)20)8-17-14(18)13-7-12(16)5-4-10(13)3/h4-5,7,9,11H,6,8H2,1-3H3,(H,17,18)(H,19,20). The Kier molecular flexibility index (Phi) is 6.20. The molecule has 1 aromatic rings. The van der Waals surface area contributed by atoms with Crippen LogP contribution in [-0.2, 0) is 4.79 Å². The van der Waals surface area contributed by atoms with Gasteiger partial charge in [-0.1, -0.05) is 35.8 Å². The zero-order valence-corrected chi connectivity index (χ0v) is 13.5. The summed E-state index contributed by atoms with van der Waals surface area (Å²) in [5, 5.41) is 11.9. The molecule has 1 amide bonds. The number of benzene rings is 1. The number of aliphatic carboxylic acids is 1. The van der Waals surface area contributed by atoms with Crippen LogP contribution in [0, 0.1) is 18.8 Å². The van der Waals surface area contributed by atoms with E-state index in [9.17, 15) is 9.59 Å². The quantitative estimate of drug-likeness (QED) is 0.834. The number of carboxylic acid groups (broad SMARTS) is 1. The first-order valence-corrected chi connectivity index (χ1v) is 7.37. The van der Waals surface area contributed by atoms with Crippen molar-refractivity contribution in [3.05, 3.63) is 33.8 Å². The highest BCUT2D eigenvalue weighted by Gasteiger charge is 2.20. The number of amides is 1. The fourth-order valence-corrected chi connectivity index (χ4v) is 2.35. The minimum atomic E-state index is -0.870. The minimum Gasteiger partial charge on any atom is -0.481 e. The smallest absolute Gasteiger partial charge is 0.308 e. The number of hydrogen-bond donors (Lipinski definition) is 2. The molecule has 1 rings (SSSR count). The van der Waals surface area contributed by atoms with E-state index in [0.717, 1.165) is 10.0 Å². The molecule has 1 atom stereocenters. The maximum atomic E-state index is 12.1. The van der Waals surface area contributed by atoms with Gasteiger partial charge in [-0.15, -0.1) is 0 Å². The molecule has 0 heterocycles. The van der Waals surface area contributed by atoms with Gasteiger partial charge in [-0.05, 0) is 37.0 Å². The Morgan fingerprint density at radius 3 is 2.55 bits per heavy atom. The van der Waals surface area contributed by atoms with Gasteiger partial charge in [0.05, 0.1) is 5.92 Å². The molecule has 0 fully saturated rings. The van der Waals surface area contributed by atoms with Crippen LogP contribution in [0.4, 0.5) is 0 Å². The molecule has 1 unspecified atom stereocenters. The summed E-state index contributed by atoms with van der Waals surface area (Å²) in [4.78, 5) is 23.3. The lowest BCUT2D eigenvalue weighted by molar-refractivity contribution is -0.142. The van der Waals surface area contributed by atoms with Gasteiger partial charge in [0.25, 0.3) is 5.91 Å². The van der Waals surface area contributed by atoms with Crippen LogP contribution in [0.1, 0.15) is 36.2 Å². The molecule has 0 aromatic heterocycles. The van der Waals surface area contributed by atoms with E-state index >= 15 is 0 Å². The molecule has 0 bridgehead atoms. The summed E-state index contributed by atoms with van der Waals surface area (Å²) in [7, 11) is 0. The maximum Gasteiger partial charge on any atom is 0.308 e. The summed E-state index contributed by atoms with van der Waals surface area (Å²) in [6, 6.07) is 5.45. The Morgan fingerprint density at radius 1 is 1.35 bits per heavy atom. The average molecular weight is 342 g/mol. The molecule has 5 heteroatoms. The number of aryl methyl sites for hydroxylation is 1. The predicted octanol–water partition coefficient (Wildman–Crippen LogP) is 3.23. The third kappa shape index (κ3) is 4.96. The minimum absolute atomic E-state index is 0.151. The summed E-state index contributed by atoms with van der Waals surface area (Å²) in [6.45, 7) is 5.94. The van der Waals surface area contributed by atoms with Crippen molar-refractivity contribution in [2.75, 3.05) is 6.54 Å². The fourth-order valence-electron chi connectivity index (χ4n) is 1.99. The summed E-state index contributed by atoms with van der Waals surface area (Å²) in [5.74, 6) is -1.38. The van der Waals surface area contributed by atoms with E-state index in [1.54, 1.807) is 6.07 Å². The Morgan fingerprint density at radius 2 is 2.00 bits per heavy atom. The Bertz CT molecular complexity index is 500. The average Bonchev–Trinajstić information content (AvgIpc) is 2.36. The molecule has 0 radical (unpaired) electrons. The topological polar surface area (TPSA) is 66.4 Å². The monoisotopic (exact) mass is 341 g/mol. The van der Waals surface area contributed by atoms with E-state index in [1.807, 2.05) is 32.9 Å². The molecule has 0 saturated carbocycles. The fraction of sp³-hybridized carbons (Fsp3) is 0.467. The molecule has 0 aliphatic heterocycles. The second-order valence-electron chi connectivity index (χ2n) is 5.33. The molecule has 0 spiro atoms. The van der Waals surface area contributed by atoms with Crippen molar-refractivity contribution in [1.29, 1.82) is 0 Å². The van der Waals surface area contributed by atoms with Crippen molar-refractivity contribution >= 4 is 27.8 Å². The molecule has 2 N–H and O–H groups in total. The van der Waals surface area contributed by atoms with Crippen LogP contribution < -0.4 is 5.32 Å². The number of carbonyl (C=O) groups excluding carboxylic acids is 1. The normalized spacial score (nSPS) is 12.2. The molecule has 0 aliphatic carbocycles. The van der Waals surface area contributed by atoms with Gasteiger partial charge in [0.15, 0.2) is 0 Å². The molecule has 110 valence electrons. The zero-order valence-electron chi connectivity index (χ0n) is 11.9. The van der Waals surface area contributed by atoms with Gasteiger partial charge in [-0.2, -0.15) is 0 Å². The van der Waals surface area contributed by atoms with E-state index in [1.165, 1.54) is 0 Å². The van der Waals surface area contributed by atoms with Crippen LogP contribution in [0.2, 0.25) is 0 Å². The van der Waals surface area contributed by atoms with Gasteiger partial charge >= 0.3 is 5.97 Å². The lowest BCUT2D eigenvalue weighted by Gasteiger charge is -2.16. The molecular weight excluding hydrogens is 322 g/mol. The molecular formula is C15H20BrNO3. The van der Waals surface area contributed by atoms with Crippen molar-refractivity contribution < 1.29 is 14.7 Å². The third-order valence-corrected chi connectivity index (χ3v) is 3.55. The first-order valence-electron chi connectivity index (χ1n) is 6.58. The molecule has 0 aliphatic rings. The highest BCUT2D eigenvalue weighted by atomic mass is 79.9. The predicted molar refractivity (Wildman–Crippen MR) is 81.8 cm³/mol. The van der Waals surface area contributed by atoms with E-state index in [2.05, 4.69) is 21.2 Å². The highest BCUT2D eigenvalue weighted by Crippen LogP contribution is 2.16.